The zero-order valence-electron chi connectivity index (χ0n) is 13.3. The standard InChI is InChI=1S/C18H16ClN3O2/c1-12-3-5-14(6-4-12)21-11-13(10-20)18(23)22-15-7-8-17(24-2)16(19)9-15/h3-9,11,21H,1-2H3,(H,22,23)/b13-11-. The fourth-order valence-electron chi connectivity index (χ4n) is 1.90. The number of benzene rings is 2. The number of amides is 1. The Kier molecular flexibility index (Phi) is 5.83. The third-order valence-electron chi connectivity index (χ3n) is 3.21. The maximum atomic E-state index is 12.2. The van der Waals surface area contributed by atoms with Crippen molar-refractivity contribution < 1.29 is 9.53 Å². The topological polar surface area (TPSA) is 74.1 Å². The Labute approximate surface area is 145 Å². The van der Waals surface area contributed by atoms with Gasteiger partial charge in [-0.05, 0) is 37.3 Å². The average Bonchev–Trinajstić information content (AvgIpc) is 2.57. The van der Waals surface area contributed by atoms with E-state index in [2.05, 4.69) is 10.6 Å². The van der Waals surface area contributed by atoms with Gasteiger partial charge in [-0.3, -0.25) is 4.79 Å². The lowest BCUT2D eigenvalue weighted by Crippen LogP contribution is -2.14. The fourth-order valence-corrected chi connectivity index (χ4v) is 2.15. The van der Waals surface area contributed by atoms with Crippen LogP contribution in [0, 0.1) is 18.3 Å². The van der Waals surface area contributed by atoms with E-state index in [4.69, 9.17) is 21.6 Å². The summed E-state index contributed by atoms with van der Waals surface area (Å²) in [7, 11) is 1.51. The molecule has 0 fully saturated rings. The van der Waals surface area contributed by atoms with Gasteiger partial charge < -0.3 is 15.4 Å². The lowest BCUT2D eigenvalue weighted by Gasteiger charge is -2.08. The number of hydrogen-bond donors (Lipinski definition) is 2. The summed E-state index contributed by atoms with van der Waals surface area (Å²) in [5.74, 6) is -0.0231. The van der Waals surface area contributed by atoms with E-state index in [-0.39, 0.29) is 5.57 Å². The molecule has 0 heterocycles. The maximum Gasteiger partial charge on any atom is 0.267 e. The Bertz CT molecular complexity index is 808. The number of anilines is 2. The molecule has 5 nitrogen and oxygen atoms in total. The Morgan fingerprint density at radius 2 is 1.88 bits per heavy atom. The molecule has 0 unspecified atom stereocenters. The number of hydrogen-bond acceptors (Lipinski definition) is 4. The van der Waals surface area contributed by atoms with E-state index in [1.165, 1.54) is 13.3 Å². The number of nitriles is 1. The Hall–Kier alpha value is -2.97. The van der Waals surface area contributed by atoms with Gasteiger partial charge in [0.2, 0.25) is 0 Å². The van der Waals surface area contributed by atoms with Crippen LogP contribution in [0.2, 0.25) is 5.02 Å². The van der Waals surface area contributed by atoms with Crippen LogP contribution in [-0.2, 0) is 4.79 Å². The molecule has 0 aliphatic carbocycles. The third kappa shape index (κ3) is 4.51. The first-order valence-corrected chi connectivity index (χ1v) is 7.49. The molecule has 0 saturated heterocycles. The number of aryl methyl sites for hydroxylation is 1. The molecule has 0 spiro atoms. The van der Waals surface area contributed by atoms with Gasteiger partial charge in [0.15, 0.2) is 0 Å². The lowest BCUT2D eigenvalue weighted by molar-refractivity contribution is -0.112. The van der Waals surface area contributed by atoms with Crippen molar-refractivity contribution in [2.75, 3.05) is 17.7 Å². The molecule has 0 aliphatic heterocycles. The highest BCUT2D eigenvalue weighted by molar-refractivity contribution is 6.32. The Morgan fingerprint density at radius 1 is 1.21 bits per heavy atom. The number of ether oxygens (including phenoxy) is 1. The van der Waals surface area contributed by atoms with Crippen LogP contribution in [0.1, 0.15) is 5.56 Å². The van der Waals surface area contributed by atoms with Crippen LogP contribution in [0.5, 0.6) is 5.75 Å². The van der Waals surface area contributed by atoms with Gasteiger partial charge in [0.05, 0.1) is 12.1 Å². The average molecular weight is 342 g/mol. The maximum absolute atomic E-state index is 12.2. The summed E-state index contributed by atoms with van der Waals surface area (Å²) >= 11 is 6.01. The van der Waals surface area contributed by atoms with Crippen LogP contribution >= 0.6 is 11.6 Å². The summed E-state index contributed by atoms with van der Waals surface area (Å²) in [6.45, 7) is 1.98. The van der Waals surface area contributed by atoms with E-state index >= 15 is 0 Å². The number of nitrogens with one attached hydrogen (secondary N) is 2. The summed E-state index contributed by atoms with van der Waals surface area (Å²) in [5, 5.41) is 15.1. The highest BCUT2D eigenvalue weighted by Gasteiger charge is 2.10. The third-order valence-corrected chi connectivity index (χ3v) is 3.50. The van der Waals surface area contributed by atoms with E-state index in [9.17, 15) is 4.79 Å². The van der Waals surface area contributed by atoms with Crippen LogP contribution in [0.3, 0.4) is 0 Å². The van der Waals surface area contributed by atoms with E-state index in [1.54, 1.807) is 18.2 Å². The second-order valence-electron chi connectivity index (χ2n) is 4.98. The first kappa shape index (κ1) is 17.4. The van der Waals surface area contributed by atoms with Crippen molar-refractivity contribution in [1.82, 2.24) is 0 Å². The lowest BCUT2D eigenvalue weighted by atomic mass is 10.2. The normalized spacial score (nSPS) is 10.7. The molecule has 0 saturated carbocycles. The number of carbonyl (C=O) groups is 1. The van der Waals surface area contributed by atoms with Gasteiger partial charge in [0.1, 0.15) is 17.4 Å². The summed E-state index contributed by atoms with van der Waals surface area (Å²) in [4.78, 5) is 12.2. The highest BCUT2D eigenvalue weighted by atomic mass is 35.5. The first-order valence-electron chi connectivity index (χ1n) is 7.12. The molecular formula is C18H16ClN3O2. The molecule has 2 aromatic rings. The van der Waals surface area contributed by atoms with Crippen LogP contribution in [0.15, 0.2) is 54.2 Å². The van der Waals surface area contributed by atoms with E-state index in [1.807, 2.05) is 37.3 Å². The van der Waals surface area contributed by atoms with Gasteiger partial charge >= 0.3 is 0 Å². The number of rotatable bonds is 5. The van der Waals surface area contributed by atoms with E-state index in [0.29, 0.717) is 16.5 Å². The summed E-state index contributed by atoms with van der Waals surface area (Å²) in [5.41, 5.74) is 2.33. The van der Waals surface area contributed by atoms with Crippen molar-refractivity contribution in [2.45, 2.75) is 6.92 Å². The zero-order chi connectivity index (χ0) is 17.5. The molecule has 122 valence electrons. The van der Waals surface area contributed by atoms with Crippen molar-refractivity contribution in [3.8, 4) is 11.8 Å². The molecule has 6 heteroatoms. The molecule has 0 aliphatic rings. The summed E-state index contributed by atoms with van der Waals surface area (Å²) in [6.07, 6.45) is 1.37. The second kappa shape index (κ2) is 8.04. The fraction of sp³-hybridized carbons (Fsp3) is 0.111. The monoisotopic (exact) mass is 341 g/mol. The van der Waals surface area contributed by atoms with Gasteiger partial charge in [-0.1, -0.05) is 29.3 Å². The number of nitrogens with zero attached hydrogens (tertiary/aromatic N) is 1. The van der Waals surface area contributed by atoms with Gasteiger partial charge in [0.25, 0.3) is 5.91 Å². The second-order valence-corrected chi connectivity index (χ2v) is 5.39. The van der Waals surface area contributed by atoms with Crippen molar-refractivity contribution in [1.29, 1.82) is 5.26 Å². The smallest absolute Gasteiger partial charge is 0.267 e. The molecule has 2 N–H and O–H groups in total. The molecule has 0 bridgehead atoms. The highest BCUT2D eigenvalue weighted by Crippen LogP contribution is 2.27. The minimum absolute atomic E-state index is 0.0532. The first-order chi connectivity index (χ1) is 11.5. The minimum atomic E-state index is -0.529. The SMILES string of the molecule is COc1ccc(NC(=O)/C(C#N)=C\Nc2ccc(C)cc2)cc1Cl. The Balaban J connectivity index is 2.08. The summed E-state index contributed by atoms with van der Waals surface area (Å²) in [6, 6.07) is 14.3. The predicted octanol–water partition coefficient (Wildman–Crippen LogP) is 4.12. The van der Waals surface area contributed by atoms with Gasteiger partial charge in [-0.25, -0.2) is 0 Å². The summed E-state index contributed by atoms with van der Waals surface area (Å²) < 4.78 is 5.05. The molecule has 0 radical (unpaired) electrons. The number of carbonyl (C=O) groups excluding carboxylic acids is 1. The van der Waals surface area contributed by atoms with E-state index < -0.39 is 5.91 Å². The van der Waals surface area contributed by atoms with Crippen molar-refractivity contribution >= 4 is 28.9 Å². The molecular weight excluding hydrogens is 326 g/mol. The molecule has 2 rings (SSSR count). The van der Waals surface area contributed by atoms with Gasteiger partial charge in [-0.15, -0.1) is 0 Å². The predicted molar refractivity (Wildman–Crippen MR) is 95.1 cm³/mol. The zero-order valence-corrected chi connectivity index (χ0v) is 14.0. The number of methoxy groups -OCH3 is 1. The van der Waals surface area contributed by atoms with Crippen LogP contribution < -0.4 is 15.4 Å². The molecule has 1 amide bonds. The van der Waals surface area contributed by atoms with Crippen molar-refractivity contribution in [3.63, 3.8) is 0 Å². The quantitative estimate of drug-likeness (QED) is 0.634. The largest absolute Gasteiger partial charge is 0.495 e. The van der Waals surface area contributed by atoms with Crippen molar-refractivity contribution in [3.05, 3.63) is 64.8 Å². The van der Waals surface area contributed by atoms with Gasteiger partial charge in [-0.2, -0.15) is 5.26 Å². The van der Waals surface area contributed by atoms with Gasteiger partial charge in [0, 0.05) is 17.6 Å². The molecule has 0 aromatic heterocycles. The number of halogens is 1. The molecule has 2 aromatic carbocycles. The molecule has 24 heavy (non-hydrogen) atoms. The van der Waals surface area contributed by atoms with Crippen LogP contribution in [-0.4, -0.2) is 13.0 Å². The Morgan fingerprint density at radius 3 is 2.46 bits per heavy atom. The minimum Gasteiger partial charge on any atom is -0.495 e. The molecule has 0 atom stereocenters. The van der Waals surface area contributed by atoms with E-state index in [0.717, 1.165) is 11.3 Å². The van der Waals surface area contributed by atoms with Crippen LogP contribution in [0.4, 0.5) is 11.4 Å². The van der Waals surface area contributed by atoms with Crippen LogP contribution in [0.25, 0.3) is 0 Å². The van der Waals surface area contributed by atoms with Crippen molar-refractivity contribution in [2.24, 2.45) is 0 Å².